The molecule has 0 fully saturated rings. The molecule has 2 heterocycles. The number of fused-ring (bicyclic) bond motifs is 1. The predicted octanol–water partition coefficient (Wildman–Crippen LogP) is 4.16. The monoisotopic (exact) mass is 416 g/mol. The van der Waals surface area contributed by atoms with Gasteiger partial charge in [0.1, 0.15) is 0 Å². The molecule has 3 aromatic rings. The van der Waals surface area contributed by atoms with Crippen LogP contribution >= 0.6 is 11.3 Å². The Morgan fingerprint density at radius 2 is 2.03 bits per heavy atom. The molecule has 7 heteroatoms. The summed E-state index contributed by atoms with van der Waals surface area (Å²) in [5.74, 6) is -0.110. The smallest absolute Gasteiger partial charge is 0.257 e. The zero-order valence-electron chi connectivity index (χ0n) is 16.5. The molecule has 1 aliphatic heterocycles. The molecule has 2 amide bonds. The van der Waals surface area contributed by atoms with E-state index < -0.39 is 0 Å². The summed E-state index contributed by atoms with van der Waals surface area (Å²) in [6.07, 6.45) is 3.68. The van der Waals surface area contributed by atoms with Crippen molar-refractivity contribution in [1.82, 2.24) is 4.98 Å². The van der Waals surface area contributed by atoms with E-state index in [2.05, 4.69) is 16.4 Å². The van der Waals surface area contributed by atoms with Crippen LogP contribution in [0.25, 0.3) is 0 Å². The van der Waals surface area contributed by atoms with Gasteiger partial charge in [-0.1, -0.05) is 19.1 Å². The molecule has 6 nitrogen and oxygen atoms in total. The van der Waals surface area contributed by atoms with E-state index in [-0.39, 0.29) is 11.8 Å². The highest BCUT2D eigenvalue weighted by atomic mass is 32.1. The third-order valence-electron chi connectivity index (χ3n) is 5.08. The Kier molecular flexibility index (Phi) is 5.59. The van der Waals surface area contributed by atoms with Gasteiger partial charge in [-0.2, -0.15) is 5.26 Å². The summed E-state index contributed by atoms with van der Waals surface area (Å²) in [4.78, 5) is 31.8. The molecule has 1 aliphatic rings. The lowest BCUT2D eigenvalue weighted by Gasteiger charge is -2.16. The lowest BCUT2D eigenvalue weighted by Crippen LogP contribution is -2.27. The van der Waals surface area contributed by atoms with E-state index in [1.54, 1.807) is 29.3 Å². The van der Waals surface area contributed by atoms with Crippen molar-refractivity contribution in [1.29, 1.82) is 5.26 Å². The molecule has 0 spiro atoms. The average Bonchev–Trinajstić information content (AvgIpc) is 3.40. The van der Waals surface area contributed by atoms with Crippen LogP contribution in [0.1, 0.15) is 45.3 Å². The quantitative estimate of drug-likeness (QED) is 0.677. The third-order valence-corrected chi connectivity index (χ3v) is 5.99. The molecule has 0 saturated heterocycles. The first kappa shape index (κ1) is 19.8. The number of anilines is 2. The molecule has 1 aromatic heterocycles. The van der Waals surface area contributed by atoms with Crippen molar-refractivity contribution in [3.8, 4) is 6.07 Å². The van der Waals surface area contributed by atoms with Gasteiger partial charge in [-0.15, -0.1) is 11.3 Å². The summed E-state index contributed by atoms with van der Waals surface area (Å²) in [5.41, 5.74) is 4.19. The molecule has 4 rings (SSSR count). The third kappa shape index (κ3) is 4.09. The van der Waals surface area contributed by atoms with Crippen LogP contribution in [0.4, 0.5) is 10.8 Å². The predicted molar refractivity (Wildman–Crippen MR) is 117 cm³/mol. The number of carbonyl (C=O) groups excluding carboxylic acids is 2. The second-order valence-electron chi connectivity index (χ2n) is 7.06. The zero-order valence-corrected chi connectivity index (χ0v) is 17.3. The van der Waals surface area contributed by atoms with Gasteiger partial charge in [0, 0.05) is 41.7 Å². The molecule has 1 N–H and O–H groups in total. The second-order valence-corrected chi connectivity index (χ2v) is 8.18. The van der Waals surface area contributed by atoms with Crippen LogP contribution in [0.3, 0.4) is 0 Å². The molecule has 2 aromatic carbocycles. The Bertz CT molecular complexity index is 1140. The van der Waals surface area contributed by atoms with Crippen molar-refractivity contribution in [2.24, 2.45) is 0 Å². The summed E-state index contributed by atoms with van der Waals surface area (Å²) >= 11 is 1.43. The van der Waals surface area contributed by atoms with Crippen LogP contribution in [-0.2, 0) is 17.6 Å². The number of benzene rings is 2. The molecular weight excluding hydrogens is 396 g/mol. The van der Waals surface area contributed by atoms with Crippen LogP contribution in [0.5, 0.6) is 0 Å². The summed E-state index contributed by atoms with van der Waals surface area (Å²) in [6, 6.07) is 15.0. The van der Waals surface area contributed by atoms with Crippen LogP contribution < -0.4 is 10.2 Å². The highest BCUT2D eigenvalue weighted by molar-refractivity contribution is 7.15. The SMILES string of the molecule is CCC(=O)N1CCc2cc(C(=O)Nc3ncc(Cc4ccc(C#N)cc4)s3)ccc21. The van der Waals surface area contributed by atoms with Gasteiger partial charge in [-0.3, -0.25) is 14.9 Å². The Hall–Kier alpha value is -3.50. The van der Waals surface area contributed by atoms with Crippen molar-refractivity contribution in [3.63, 3.8) is 0 Å². The fourth-order valence-corrected chi connectivity index (χ4v) is 4.35. The van der Waals surface area contributed by atoms with Crippen LogP contribution in [0.15, 0.2) is 48.7 Å². The van der Waals surface area contributed by atoms with E-state index in [4.69, 9.17) is 5.26 Å². The minimum atomic E-state index is -0.211. The number of nitriles is 1. The second kappa shape index (κ2) is 8.47. The molecule has 0 atom stereocenters. The lowest BCUT2D eigenvalue weighted by molar-refractivity contribution is -0.118. The van der Waals surface area contributed by atoms with Crippen molar-refractivity contribution < 1.29 is 9.59 Å². The Labute approximate surface area is 178 Å². The average molecular weight is 417 g/mol. The van der Waals surface area contributed by atoms with E-state index in [0.717, 1.165) is 28.1 Å². The van der Waals surface area contributed by atoms with Gasteiger partial charge in [0.15, 0.2) is 5.13 Å². The standard InChI is InChI=1S/C23H20N4O2S/c1-2-21(28)27-10-9-17-12-18(7-8-20(17)27)22(29)26-23-25-14-19(30-23)11-15-3-5-16(13-24)6-4-15/h3-8,12,14H,2,9-11H2,1H3,(H,25,26,29). The van der Waals surface area contributed by atoms with Crippen molar-refractivity contribution in [2.45, 2.75) is 26.2 Å². The normalized spacial score (nSPS) is 12.3. The number of hydrogen-bond donors (Lipinski definition) is 1. The van der Waals surface area contributed by atoms with E-state index >= 15 is 0 Å². The van der Waals surface area contributed by atoms with Crippen molar-refractivity contribution in [2.75, 3.05) is 16.8 Å². The van der Waals surface area contributed by atoms with Crippen LogP contribution in [0.2, 0.25) is 0 Å². The number of amides is 2. The minimum Gasteiger partial charge on any atom is -0.312 e. The number of carbonyl (C=O) groups is 2. The Morgan fingerprint density at radius 1 is 1.23 bits per heavy atom. The van der Waals surface area contributed by atoms with Gasteiger partial charge >= 0.3 is 0 Å². The van der Waals surface area contributed by atoms with Gasteiger partial charge in [0.2, 0.25) is 5.91 Å². The maximum absolute atomic E-state index is 12.7. The summed E-state index contributed by atoms with van der Waals surface area (Å²) in [5, 5.41) is 12.3. The van der Waals surface area contributed by atoms with Gasteiger partial charge in [0.05, 0.1) is 11.6 Å². The molecular formula is C23H20N4O2S. The molecule has 0 unspecified atom stereocenters. The first-order valence-electron chi connectivity index (χ1n) is 9.75. The van der Waals surface area contributed by atoms with Gasteiger partial charge in [0.25, 0.3) is 5.91 Å². The highest BCUT2D eigenvalue weighted by Crippen LogP contribution is 2.30. The molecule has 150 valence electrons. The summed E-state index contributed by atoms with van der Waals surface area (Å²) in [6.45, 7) is 2.52. The Balaban J connectivity index is 1.42. The molecule has 30 heavy (non-hydrogen) atoms. The fraction of sp³-hybridized carbons (Fsp3) is 0.217. The molecule has 0 saturated carbocycles. The number of thiazole rings is 1. The first-order chi connectivity index (χ1) is 14.6. The Morgan fingerprint density at radius 3 is 2.77 bits per heavy atom. The maximum atomic E-state index is 12.7. The van der Waals surface area contributed by atoms with Gasteiger partial charge in [-0.25, -0.2) is 4.98 Å². The van der Waals surface area contributed by atoms with Crippen LogP contribution in [-0.4, -0.2) is 23.3 Å². The molecule has 0 bridgehead atoms. The number of rotatable bonds is 5. The largest absolute Gasteiger partial charge is 0.312 e. The summed E-state index contributed by atoms with van der Waals surface area (Å²) in [7, 11) is 0. The van der Waals surface area contributed by atoms with Crippen LogP contribution in [0, 0.1) is 11.3 Å². The van der Waals surface area contributed by atoms with E-state index in [1.165, 1.54) is 11.3 Å². The maximum Gasteiger partial charge on any atom is 0.257 e. The highest BCUT2D eigenvalue weighted by Gasteiger charge is 2.24. The number of nitrogens with one attached hydrogen (secondary N) is 1. The zero-order chi connectivity index (χ0) is 21.1. The number of nitrogens with zero attached hydrogens (tertiary/aromatic N) is 3. The lowest BCUT2D eigenvalue weighted by atomic mass is 10.1. The molecule has 0 aliphatic carbocycles. The first-order valence-corrected chi connectivity index (χ1v) is 10.6. The number of aromatic nitrogens is 1. The van der Waals surface area contributed by atoms with Crippen molar-refractivity contribution in [3.05, 3.63) is 75.8 Å². The minimum absolute atomic E-state index is 0.100. The van der Waals surface area contributed by atoms with Gasteiger partial charge < -0.3 is 4.90 Å². The van der Waals surface area contributed by atoms with Gasteiger partial charge in [-0.05, 0) is 47.9 Å². The number of hydrogen-bond acceptors (Lipinski definition) is 5. The van der Waals surface area contributed by atoms with Crippen molar-refractivity contribution >= 4 is 34.0 Å². The topological polar surface area (TPSA) is 86.1 Å². The van der Waals surface area contributed by atoms with E-state index in [9.17, 15) is 9.59 Å². The fourth-order valence-electron chi connectivity index (χ4n) is 3.51. The van der Waals surface area contributed by atoms with E-state index in [1.807, 2.05) is 31.2 Å². The molecule has 0 radical (unpaired) electrons. The van der Waals surface area contributed by atoms with E-state index in [0.29, 0.717) is 35.6 Å². The summed E-state index contributed by atoms with van der Waals surface area (Å²) < 4.78 is 0.